The Labute approximate surface area is 103 Å². The van der Waals surface area contributed by atoms with Gasteiger partial charge in [-0.05, 0) is 29.8 Å². The molecule has 1 heterocycles. The summed E-state index contributed by atoms with van der Waals surface area (Å²) in [5, 5.41) is 7.20. The Hall–Kier alpha value is -0.880. The molecule has 0 spiro atoms. The van der Waals surface area contributed by atoms with E-state index in [1.165, 1.54) is 4.68 Å². The Kier molecular flexibility index (Phi) is 4.95. The second kappa shape index (κ2) is 6.00. The van der Waals surface area contributed by atoms with E-state index in [2.05, 4.69) is 26.3 Å². The zero-order valence-electron chi connectivity index (χ0n) is 9.66. The third kappa shape index (κ3) is 3.05. The topological polar surface area (TPSA) is 56.1 Å². The Morgan fingerprint density at radius 2 is 2.38 bits per heavy atom. The van der Waals surface area contributed by atoms with Crippen molar-refractivity contribution in [1.82, 2.24) is 9.78 Å². The Balaban J connectivity index is 2.90. The van der Waals surface area contributed by atoms with Crippen molar-refractivity contribution in [1.29, 1.82) is 0 Å². The van der Waals surface area contributed by atoms with Crippen LogP contribution in [0.15, 0.2) is 15.5 Å². The fourth-order valence-electron chi connectivity index (χ4n) is 1.35. The Bertz CT molecular complexity index is 406. The van der Waals surface area contributed by atoms with Gasteiger partial charge in [0.05, 0.1) is 18.5 Å². The third-order valence-corrected chi connectivity index (χ3v) is 2.87. The maximum atomic E-state index is 11.7. The molecule has 90 valence electrons. The van der Waals surface area contributed by atoms with Gasteiger partial charge in [-0.1, -0.05) is 0 Å². The molecule has 0 saturated carbocycles. The van der Waals surface area contributed by atoms with Gasteiger partial charge in [0.15, 0.2) is 0 Å². The number of hydrogen-bond acceptors (Lipinski definition) is 4. The number of halogens is 1. The fourth-order valence-corrected chi connectivity index (χ4v) is 1.77. The molecular weight excluding hydrogens is 274 g/mol. The van der Waals surface area contributed by atoms with Crippen LogP contribution in [-0.4, -0.2) is 29.5 Å². The molecule has 0 amide bonds. The molecule has 1 rings (SSSR count). The Morgan fingerprint density at radius 3 is 2.94 bits per heavy atom. The molecule has 16 heavy (non-hydrogen) atoms. The highest BCUT2D eigenvalue weighted by atomic mass is 79.9. The number of nitrogens with zero attached hydrogens (tertiary/aromatic N) is 2. The molecule has 1 aromatic rings. The van der Waals surface area contributed by atoms with Crippen molar-refractivity contribution in [3.63, 3.8) is 0 Å². The molecule has 1 aromatic heterocycles. The second-order valence-corrected chi connectivity index (χ2v) is 4.29. The van der Waals surface area contributed by atoms with Crippen LogP contribution >= 0.6 is 15.9 Å². The summed E-state index contributed by atoms with van der Waals surface area (Å²) in [5.41, 5.74) is 0.566. The standard InChI is InChI=1S/C10H16BrN3O2/c1-4-14-10(15)9(11)8(5-12-14)13-7(2)6-16-3/h5,7,13H,4,6H2,1-3H3. The normalized spacial score (nSPS) is 12.5. The molecule has 0 saturated heterocycles. The highest BCUT2D eigenvalue weighted by molar-refractivity contribution is 9.10. The molecule has 0 aliphatic rings. The van der Waals surface area contributed by atoms with Gasteiger partial charge < -0.3 is 10.1 Å². The maximum Gasteiger partial charge on any atom is 0.283 e. The lowest BCUT2D eigenvalue weighted by atomic mass is 10.3. The van der Waals surface area contributed by atoms with E-state index in [4.69, 9.17) is 4.74 Å². The average molecular weight is 290 g/mol. The molecule has 5 nitrogen and oxygen atoms in total. The molecule has 0 bridgehead atoms. The van der Waals surface area contributed by atoms with Gasteiger partial charge in [0.25, 0.3) is 5.56 Å². The van der Waals surface area contributed by atoms with E-state index in [9.17, 15) is 4.79 Å². The number of aryl methyl sites for hydroxylation is 1. The van der Waals surface area contributed by atoms with Crippen molar-refractivity contribution in [2.45, 2.75) is 26.4 Å². The van der Waals surface area contributed by atoms with Gasteiger partial charge in [-0.15, -0.1) is 0 Å². The van der Waals surface area contributed by atoms with Crippen molar-refractivity contribution in [2.24, 2.45) is 0 Å². The van der Waals surface area contributed by atoms with Crippen LogP contribution in [0, 0.1) is 0 Å². The minimum Gasteiger partial charge on any atom is -0.383 e. The molecule has 0 aliphatic carbocycles. The van der Waals surface area contributed by atoms with Crippen molar-refractivity contribution >= 4 is 21.6 Å². The van der Waals surface area contributed by atoms with Crippen LogP contribution in [0.3, 0.4) is 0 Å². The lowest BCUT2D eigenvalue weighted by molar-refractivity contribution is 0.190. The van der Waals surface area contributed by atoms with Crippen molar-refractivity contribution < 1.29 is 4.74 Å². The largest absolute Gasteiger partial charge is 0.383 e. The van der Waals surface area contributed by atoms with Gasteiger partial charge >= 0.3 is 0 Å². The van der Waals surface area contributed by atoms with Crippen molar-refractivity contribution in [2.75, 3.05) is 19.0 Å². The Morgan fingerprint density at radius 1 is 1.69 bits per heavy atom. The molecular formula is C10H16BrN3O2. The number of anilines is 1. The first-order chi connectivity index (χ1) is 7.60. The van der Waals surface area contributed by atoms with Gasteiger partial charge in [-0.3, -0.25) is 4.79 Å². The first-order valence-electron chi connectivity index (χ1n) is 5.11. The van der Waals surface area contributed by atoms with E-state index >= 15 is 0 Å². The van der Waals surface area contributed by atoms with Crippen molar-refractivity contribution in [3.05, 3.63) is 21.0 Å². The predicted molar refractivity (Wildman–Crippen MR) is 66.8 cm³/mol. The van der Waals surface area contributed by atoms with Crippen LogP contribution in [0.2, 0.25) is 0 Å². The zero-order chi connectivity index (χ0) is 12.1. The summed E-state index contributed by atoms with van der Waals surface area (Å²) < 4.78 is 6.92. The van der Waals surface area contributed by atoms with E-state index in [-0.39, 0.29) is 11.6 Å². The number of hydrogen-bond donors (Lipinski definition) is 1. The summed E-state index contributed by atoms with van der Waals surface area (Å²) in [7, 11) is 1.64. The first kappa shape index (κ1) is 13.2. The summed E-state index contributed by atoms with van der Waals surface area (Å²) in [6.07, 6.45) is 1.64. The molecule has 0 fully saturated rings. The number of rotatable bonds is 5. The number of methoxy groups -OCH3 is 1. The lowest BCUT2D eigenvalue weighted by Crippen LogP contribution is -2.27. The molecule has 1 unspecified atom stereocenters. The summed E-state index contributed by atoms with van der Waals surface area (Å²) in [6, 6.07) is 0.125. The average Bonchev–Trinajstić information content (AvgIpc) is 2.25. The highest BCUT2D eigenvalue weighted by Crippen LogP contribution is 2.16. The van der Waals surface area contributed by atoms with Crippen LogP contribution in [0.25, 0.3) is 0 Å². The van der Waals surface area contributed by atoms with Crippen LogP contribution in [0.1, 0.15) is 13.8 Å². The first-order valence-corrected chi connectivity index (χ1v) is 5.90. The van der Waals surface area contributed by atoms with Gasteiger partial charge in [0.2, 0.25) is 0 Å². The zero-order valence-corrected chi connectivity index (χ0v) is 11.2. The molecule has 1 atom stereocenters. The maximum absolute atomic E-state index is 11.7. The molecule has 1 N–H and O–H groups in total. The van der Waals surface area contributed by atoms with E-state index in [0.29, 0.717) is 23.3 Å². The van der Waals surface area contributed by atoms with Crippen molar-refractivity contribution in [3.8, 4) is 0 Å². The third-order valence-electron chi connectivity index (χ3n) is 2.10. The lowest BCUT2D eigenvalue weighted by Gasteiger charge is -2.15. The van der Waals surface area contributed by atoms with Crippen LogP contribution in [0.4, 0.5) is 5.69 Å². The number of nitrogens with one attached hydrogen (secondary N) is 1. The molecule has 0 aliphatic heterocycles. The minimum atomic E-state index is -0.128. The number of ether oxygens (including phenoxy) is 1. The summed E-state index contributed by atoms with van der Waals surface area (Å²) in [4.78, 5) is 11.7. The molecule has 0 aromatic carbocycles. The minimum absolute atomic E-state index is 0.125. The van der Waals surface area contributed by atoms with Gasteiger partial charge in [0.1, 0.15) is 4.47 Å². The molecule has 0 radical (unpaired) electrons. The summed E-state index contributed by atoms with van der Waals surface area (Å²) in [5.74, 6) is 0. The van der Waals surface area contributed by atoms with Crippen LogP contribution in [-0.2, 0) is 11.3 Å². The fraction of sp³-hybridized carbons (Fsp3) is 0.600. The monoisotopic (exact) mass is 289 g/mol. The van der Waals surface area contributed by atoms with E-state index in [1.54, 1.807) is 13.3 Å². The van der Waals surface area contributed by atoms with Gasteiger partial charge in [-0.2, -0.15) is 5.10 Å². The molecule has 6 heteroatoms. The second-order valence-electron chi connectivity index (χ2n) is 3.49. The van der Waals surface area contributed by atoms with Gasteiger partial charge in [0, 0.05) is 19.7 Å². The van der Waals surface area contributed by atoms with Crippen LogP contribution in [0.5, 0.6) is 0 Å². The SMILES string of the molecule is CCn1ncc(NC(C)COC)c(Br)c1=O. The smallest absolute Gasteiger partial charge is 0.283 e. The summed E-state index contributed by atoms with van der Waals surface area (Å²) >= 11 is 3.27. The van der Waals surface area contributed by atoms with E-state index in [1.807, 2.05) is 13.8 Å². The quantitative estimate of drug-likeness (QED) is 0.892. The summed E-state index contributed by atoms with van der Waals surface area (Å²) in [6.45, 7) is 4.98. The van der Waals surface area contributed by atoms with Gasteiger partial charge in [-0.25, -0.2) is 4.68 Å². The number of aromatic nitrogens is 2. The van der Waals surface area contributed by atoms with Crippen LogP contribution < -0.4 is 10.9 Å². The van der Waals surface area contributed by atoms with E-state index < -0.39 is 0 Å². The highest BCUT2D eigenvalue weighted by Gasteiger charge is 2.09. The predicted octanol–water partition coefficient (Wildman–Crippen LogP) is 1.47. The van der Waals surface area contributed by atoms with E-state index in [0.717, 1.165) is 0 Å².